The molecule has 2 N–H and O–H groups in total. The Kier molecular flexibility index (Phi) is 8.50. The van der Waals surface area contributed by atoms with Crippen LogP contribution >= 0.6 is 27.7 Å². The molecule has 1 aliphatic rings. The molecule has 3 rings (SSSR count). The number of carbonyl (C=O) groups is 2. The molecule has 0 saturated carbocycles. The van der Waals surface area contributed by atoms with Gasteiger partial charge in [-0.15, -0.1) is 10.2 Å². The summed E-state index contributed by atoms with van der Waals surface area (Å²) in [6, 6.07) is 11.3. The monoisotopic (exact) mass is 491 g/mol. The summed E-state index contributed by atoms with van der Waals surface area (Å²) in [4.78, 5) is 26.5. The molecule has 30 heavy (non-hydrogen) atoms. The van der Waals surface area contributed by atoms with Gasteiger partial charge in [0, 0.05) is 29.8 Å². The first kappa shape index (κ1) is 22.6. The van der Waals surface area contributed by atoms with Crippen molar-refractivity contribution in [2.75, 3.05) is 35.6 Å². The lowest BCUT2D eigenvalue weighted by Crippen LogP contribution is -2.43. The first-order chi connectivity index (χ1) is 14.5. The van der Waals surface area contributed by atoms with Crippen molar-refractivity contribution < 1.29 is 9.59 Å². The standard InChI is InChI=1S/C21H26BrN5O2S/c1-2-10-23-21(29)15-5-4-11-27(13-15)18-8-9-20(26-25-18)30-14-19(28)24-17-7-3-6-16(22)12-17/h3,6-9,12,15H,2,4-5,10-11,13-14H2,1H3,(H,23,29)(H,24,28)/t15-/m0/s1. The third kappa shape index (κ3) is 6.70. The van der Waals surface area contributed by atoms with Crippen LogP contribution in [0, 0.1) is 5.92 Å². The molecule has 2 amide bonds. The van der Waals surface area contributed by atoms with Gasteiger partial charge in [0.2, 0.25) is 11.8 Å². The Bertz CT molecular complexity index is 865. The summed E-state index contributed by atoms with van der Waals surface area (Å²) in [5, 5.41) is 15.1. The fourth-order valence-electron chi connectivity index (χ4n) is 3.25. The maximum atomic E-state index is 12.3. The average Bonchev–Trinajstić information content (AvgIpc) is 2.76. The minimum Gasteiger partial charge on any atom is -0.356 e. The molecule has 1 saturated heterocycles. The van der Waals surface area contributed by atoms with Gasteiger partial charge in [0.1, 0.15) is 5.03 Å². The van der Waals surface area contributed by atoms with Gasteiger partial charge in [-0.1, -0.05) is 40.7 Å². The zero-order valence-corrected chi connectivity index (χ0v) is 19.3. The van der Waals surface area contributed by atoms with Gasteiger partial charge in [-0.3, -0.25) is 9.59 Å². The molecule has 1 fully saturated rings. The van der Waals surface area contributed by atoms with Crippen molar-refractivity contribution in [3.05, 3.63) is 40.9 Å². The van der Waals surface area contributed by atoms with E-state index in [2.05, 4.69) is 41.7 Å². The molecule has 0 bridgehead atoms. The van der Waals surface area contributed by atoms with E-state index in [4.69, 9.17) is 0 Å². The molecule has 1 aliphatic heterocycles. The predicted molar refractivity (Wildman–Crippen MR) is 124 cm³/mol. The van der Waals surface area contributed by atoms with Crippen LogP contribution in [0.4, 0.5) is 11.5 Å². The summed E-state index contributed by atoms with van der Waals surface area (Å²) in [6.07, 6.45) is 2.80. The molecule has 0 aliphatic carbocycles. The van der Waals surface area contributed by atoms with Gasteiger partial charge < -0.3 is 15.5 Å². The number of thioether (sulfide) groups is 1. The van der Waals surface area contributed by atoms with Crippen molar-refractivity contribution in [3.8, 4) is 0 Å². The Morgan fingerprint density at radius 1 is 1.27 bits per heavy atom. The molecule has 7 nitrogen and oxygen atoms in total. The molecule has 2 heterocycles. The molecule has 1 aromatic heterocycles. The highest BCUT2D eigenvalue weighted by Crippen LogP contribution is 2.23. The Morgan fingerprint density at radius 3 is 2.87 bits per heavy atom. The minimum atomic E-state index is -0.0964. The minimum absolute atomic E-state index is 0.0112. The van der Waals surface area contributed by atoms with Gasteiger partial charge in [-0.2, -0.15) is 0 Å². The van der Waals surface area contributed by atoms with E-state index in [1.165, 1.54) is 11.8 Å². The molecule has 9 heteroatoms. The van der Waals surface area contributed by atoms with E-state index in [-0.39, 0.29) is 23.5 Å². The second-order valence-corrected chi connectivity index (χ2v) is 9.06. The number of benzene rings is 1. The number of halogens is 1. The summed E-state index contributed by atoms with van der Waals surface area (Å²) in [5.41, 5.74) is 0.749. The smallest absolute Gasteiger partial charge is 0.234 e. The zero-order chi connectivity index (χ0) is 21.3. The summed E-state index contributed by atoms with van der Waals surface area (Å²) in [6.45, 7) is 4.29. The molecule has 1 atom stereocenters. The van der Waals surface area contributed by atoms with Crippen LogP contribution < -0.4 is 15.5 Å². The van der Waals surface area contributed by atoms with E-state index in [0.717, 1.165) is 48.3 Å². The number of anilines is 2. The number of aromatic nitrogens is 2. The number of carbonyl (C=O) groups excluding carboxylic acids is 2. The SMILES string of the molecule is CCCNC(=O)[C@H]1CCCN(c2ccc(SCC(=O)Nc3cccc(Br)c3)nn2)C1. The average molecular weight is 492 g/mol. The third-order valence-corrected chi connectivity index (χ3v) is 6.16. The molecule has 160 valence electrons. The van der Waals surface area contributed by atoms with Crippen LogP contribution in [0.2, 0.25) is 0 Å². The summed E-state index contributed by atoms with van der Waals surface area (Å²) in [7, 11) is 0. The second kappa shape index (κ2) is 11.3. The van der Waals surface area contributed by atoms with Crippen LogP contribution in [0.25, 0.3) is 0 Å². The van der Waals surface area contributed by atoms with Gasteiger partial charge in [0.15, 0.2) is 5.82 Å². The lowest BCUT2D eigenvalue weighted by atomic mass is 9.97. The quantitative estimate of drug-likeness (QED) is 0.547. The van der Waals surface area contributed by atoms with Crippen molar-refractivity contribution in [1.29, 1.82) is 0 Å². The van der Waals surface area contributed by atoms with Gasteiger partial charge in [0.25, 0.3) is 0 Å². The molecule has 0 spiro atoms. The summed E-state index contributed by atoms with van der Waals surface area (Å²) >= 11 is 4.73. The molecule has 0 radical (unpaired) electrons. The molecule has 1 aromatic carbocycles. The molecule has 2 aromatic rings. The zero-order valence-electron chi connectivity index (χ0n) is 16.9. The number of piperidine rings is 1. The number of hydrogen-bond acceptors (Lipinski definition) is 6. The maximum Gasteiger partial charge on any atom is 0.234 e. The number of rotatable bonds is 8. The van der Waals surface area contributed by atoms with E-state index < -0.39 is 0 Å². The van der Waals surface area contributed by atoms with Crippen LogP contribution in [0.5, 0.6) is 0 Å². The van der Waals surface area contributed by atoms with Crippen LogP contribution in [-0.2, 0) is 9.59 Å². The van der Waals surface area contributed by atoms with Crippen LogP contribution in [-0.4, -0.2) is 47.4 Å². The van der Waals surface area contributed by atoms with Gasteiger partial charge in [-0.05, 0) is 49.6 Å². The Balaban J connectivity index is 1.49. The fourth-order valence-corrected chi connectivity index (χ4v) is 4.27. The number of nitrogens with zero attached hydrogens (tertiary/aromatic N) is 3. The van der Waals surface area contributed by atoms with Crippen molar-refractivity contribution in [2.24, 2.45) is 5.92 Å². The normalized spacial score (nSPS) is 16.2. The Morgan fingerprint density at radius 2 is 2.13 bits per heavy atom. The summed E-state index contributed by atoms with van der Waals surface area (Å²) in [5.74, 6) is 1.04. The Labute approximate surface area is 189 Å². The number of amides is 2. The summed E-state index contributed by atoms with van der Waals surface area (Å²) < 4.78 is 0.914. The van der Waals surface area contributed by atoms with Gasteiger partial charge in [0.05, 0.1) is 11.7 Å². The highest BCUT2D eigenvalue weighted by molar-refractivity contribution is 9.10. The number of nitrogens with one attached hydrogen (secondary N) is 2. The maximum absolute atomic E-state index is 12.3. The lowest BCUT2D eigenvalue weighted by molar-refractivity contribution is -0.125. The van der Waals surface area contributed by atoms with E-state index in [0.29, 0.717) is 11.6 Å². The van der Waals surface area contributed by atoms with Crippen molar-refractivity contribution in [1.82, 2.24) is 15.5 Å². The third-order valence-electron chi connectivity index (χ3n) is 4.75. The van der Waals surface area contributed by atoms with Crippen LogP contribution in [0.1, 0.15) is 26.2 Å². The van der Waals surface area contributed by atoms with E-state index in [1.807, 2.05) is 43.3 Å². The largest absolute Gasteiger partial charge is 0.356 e. The van der Waals surface area contributed by atoms with Crippen molar-refractivity contribution in [3.63, 3.8) is 0 Å². The van der Waals surface area contributed by atoms with E-state index >= 15 is 0 Å². The topological polar surface area (TPSA) is 87.2 Å². The fraction of sp³-hybridized carbons (Fsp3) is 0.429. The second-order valence-electron chi connectivity index (χ2n) is 7.15. The van der Waals surface area contributed by atoms with E-state index in [9.17, 15) is 9.59 Å². The molecular weight excluding hydrogens is 466 g/mol. The predicted octanol–water partition coefficient (Wildman–Crippen LogP) is 3.71. The van der Waals surface area contributed by atoms with Crippen molar-refractivity contribution in [2.45, 2.75) is 31.2 Å². The van der Waals surface area contributed by atoms with Gasteiger partial charge >= 0.3 is 0 Å². The highest BCUT2D eigenvalue weighted by atomic mass is 79.9. The first-order valence-electron chi connectivity index (χ1n) is 10.1. The van der Waals surface area contributed by atoms with Gasteiger partial charge in [-0.25, -0.2) is 0 Å². The highest BCUT2D eigenvalue weighted by Gasteiger charge is 2.26. The van der Waals surface area contributed by atoms with Crippen molar-refractivity contribution >= 4 is 51.0 Å². The molecular formula is C21H26BrN5O2S. The lowest BCUT2D eigenvalue weighted by Gasteiger charge is -2.32. The molecule has 0 unspecified atom stereocenters. The first-order valence-corrected chi connectivity index (χ1v) is 11.9. The number of hydrogen-bond donors (Lipinski definition) is 2. The van der Waals surface area contributed by atoms with E-state index in [1.54, 1.807) is 0 Å². The van der Waals surface area contributed by atoms with Crippen LogP contribution in [0.15, 0.2) is 45.9 Å². The Hall–Kier alpha value is -2.13. The van der Waals surface area contributed by atoms with Crippen LogP contribution in [0.3, 0.4) is 0 Å².